The summed E-state index contributed by atoms with van der Waals surface area (Å²) in [6, 6.07) is 16.6. The zero-order valence-corrected chi connectivity index (χ0v) is 15.4. The first-order valence-corrected chi connectivity index (χ1v) is 9.33. The number of hydrazone groups is 1. The van der Waals surface area contributed by atoms with Gasteiger partial charge >= 0.3 is 0 Å². The van der Waals surface area contributed by atoms with Gasteiger partial charge in [-0.15, -0.1) is 5.10 Å². The van der Waals surface area contributed by atoms with E-state index >= 15 is 0 Å². The molecule has 26 heavy (non-hydrogen) atoms. The third-order valence-corrected chi connectivity index (χ3v) is 5.62. The standard InChI is InChI=1S/C18H15ClN4O2S/c1-12(24)17-21-23(15-9-7-13(19)8-10-15)18(20-16(25)11-26-18)22(17)14-5-3-2-4-6-14/h2-10H,11H2,1H3,(H,20,25). The van der Waals surface area contributed by atoms with Gasteiger partial charge in [-0.3, -0.25) is 14.5 Å². The number of Topliss-reactive ketones (excluding diaryl/α,β-unsaturated/α-hetero) is 1. The Balaban J connectivity index is 1.89. The summed E-state index contributed by atoms with van der Waals surface area (Å²) in [5.41, 5.74) is 1.49. The van der Waals surface area contributed by atoms with Crippen LogP contribution in [0.15, 0.2) is 59.7 Å². The van der Waals surface area contributed by atoms with E-state index in [-0.39, 0.29) is 23.3 Å². The number of hydrogen-bond donors (Lipinski definition) is 1. The van der Waals surface area contributed by atoms with Crippen molar-refractivity contribution in [3.05, 3.63) is 59.6 Å². The summed E-state index contributed by atoms with van der Waals surface area (Å²) in [6.07, 6.45) is 0. The molecule has 2 aromatic carbocycles. The van der Waals surface area contributed by atoms with Crippen LogP contribution in [0.5, 0.6) is 0 Å². The van der Waals surface area contributed by atoms with Crippen LogP contribution in [0.1, 0.15) is 6.92 Å². The number of nitrogens with zero attached hydrogens (tertiary/aromatic N) is 3. The number of carbonyl (C=O) groups excluding carboxylic acids is 2. The minimum atomic E-state index is -1.03. The van der Waals surface area contributed by atoms with Crippen molar-refractivity contribution in [1.29, 1.82) is 0 Å². The average molecular weight is 387 g/mol. The molecule has 2 aromatic rings. The van der Waals surface area contributed by atoms with E-state index in [0.717, 1.165) is 11.4 Å². The van der Waals surface area contributed by atoms with Crippen molar-refractivity contribution in [3.8, 4) is 0 Å². The number of amidine groups is 1. The fraction of sp³-hybridized carbons (Fsp3) is 0.167. The lowest BCUT2D eigenvalue weighted by molar-refractivity contribution is -0.118. The number of amides is 1. The van der Waals surface area contributed by atoms with Crippen molar-refractivity contribution in [2.24, 2.45) is 5.10 Å². The lowest BCUT2D eigenvalue weighted by Gasteiger charge is -2.39. The average Bonchev–Trinajstić information content (AvgIpc) is 3.17. The first kappa shape index (κ1) is 16.9. The molecule has 1 fully saturated rings. The Morgan fingerprint density at radius 2 is 1.85 bits per heavy atom. The van der Waals surface area contributed by atoms with Crippen LogP contribution < -0.4 is 15.2 Å². The molecule has 1 atom stereocenters. The molecule has 0 bridgehead atoms. The largest absolute Gasteiger partial charge is 0.304 e. The van der Waals surface area contributed by atoms with Gasteiger partial charge in [-0.1, -0.05) is 41.6 Å². The molecule has 1 amide bonds. The molecule has 0 saturated carbocycles. The van der Waals surface area contributed by atoms with Gasteiger partial charge in [0.25, 0.3) is 5.12 Å². The number of halogens is 1. The van der Waals surface area contributed by atoms with Crippen molar-refractivity contribution in [2.75, 3.05) is 15.7 Å². The number of benzene rings is 2. The Morgan fingerprint density at radius 1 is 1.15 bits per heavy atom. The number of rotatable bonds is 3. The number of anilines is 2. The highest BCUT2D eigenvalue weighted by molar-refractivity contribution is 8.02. The molecule has 2 aliphatic rings. The van der Waals surface area contributed by atoms with Crippen LogP contribution in [-0.4, -0.2) is 28.4 Å². The molecule has 1 N–H and O–H groups in total. The molecule has 6 nitrogen and oxygen atoms in total. The molecular weight excluding hydrogens is 372 g/mol. The van der Waals surface area contributed by atoms with Gasteiger partial charge in [0.15, 0.2) is 5.78 Å². The first-order chi connectivity index (χ1) is 12.5. The fourth-order valence-corrected chi connectivity index (χ4v) is 4.32. The van der Waals surface area contributed by atoms with Crippen molar-refractivity contribution >= 4 is 52.3 Å². The molecule has 132 valence electrons. The van der Waals surface area contributed by atoms with Crippen LogP contribution in [-0.2, 0) is 9.59 Å². The van der Waals surface area contributed by atoms with Crippen molar-refractivity contribution < 1.29 is 9.59 Å². The second kappa shape index (κ2) is 6.34. The van der Waals surface area contributed by atoms with Gasteiger partial charge < -0.3 is 5.32 Å². The fourth-order valence-electron chi connectivity index (χ4n) is 3.02. The Kier molecular flexibility index (Phi) is 4.13. The second-order valence-corrected chi connectivity index (χ2v) is 7.47. The third-order valence-electron chi connectivity index (χ3n) is 4.10. The van der Waals surface area contributed by atoms with E-state index in [1.807, 2.05) is 42.5 Å². The molecule has 4 rings (SSSR count). The minimum absolute atomic E-state index is 0.116. The van der Waals surface area contributed by atoms with Crippen molar-refractivity contribution in [1.82, 2.24) is 5.32 Å². The highest BCUT2D eigenvalue weighted by Gasteiger charge is 2.56. The van der Waals surface area contributed by atoms with Crippen LogP contribution in [0.25, 0.3) is 0 Å². The Morgan fingerprint density at radius 3 is 2.42 bits per heavy atom. The van der Waals surface area contributed by atoms with E-state index in [1.54, 1.807) is 22.0 Å². The van der Waals surface area contributed by atoms with Gasteiger partial charge in [0, 0.05) is 17.6 Å². The summed E-state index contributed by atoms with van der Waals surface area (Å²) in [7, 11) is 0. The summed E-state index contributed by atoms with van der Waals surface area (Å²) in [6.45, 7) is 1.47. The van der Waals surface area contributed by atoms with Crippen LogP contribution >= 0.6 is 23.4 Å². The third kappa shape index (κ3) is 2.64. The number of thioether (sulfide) groups is 1. The van der Waals surface area contributed by atoms with Gasteiger partial charge in [0.05, 0.1) is 11.4 Å². The van der Waals surface area contributed by atoms with Crippen LogP contribution in [0.4, 0.5) is 11.4 Å². The molecule has 0 radical (unpaired) electrons. The first-order valence-electron chi connectivity index (χ1n) is 7.97. The quantitative estimate of drug-likeness (QED) is 0.878. The lowest BCUT2D eigenvalue weighted by Crippen LogP contribution is -2.62. The van der Waals surface area contributed by atoms with Gasteiger partial charge in [0.2, 0.25) is 11.7 Å². The number of ketones is 1. The molecule has 1 unspecified atom stereocenters. The summed E-state index contributed by atoms with van der Waals surface area (Å²) in [5.74, 6) is 0.232. The molecule has 0 aromatic heterocycles. The Bertz CT molecular complexity index is 903. The molecule has 8 heteroatoms. The predicted molar refractivity (Wildman–Crippen MR) is 104 cm³/mol. The van der Waals surface area contributed by atoms with Crippen LogP contribution in [0.3, 0.4) is 0 Å². The molecule has 2 aliphatic heterocycles. The number of para-hydroxylation sites is 1. The maximum Gasteiger partial charge on any atom is 0.268 e. The molecular formula is C18H15ClN4O2S. The minimum Gasteiger partial charge on any atom is -0.304 e. The van der Waals surface area contributed by atoms with Gasteiger partial charge in [-0.2, -0.15) is 0 Å². The maximum absolute atomic E-state index is 12.3. The van der Waals surface area contributed by atoms with E-state index in [4.69, 9.17) is 11.6 Å². The Hall–Kier alpha value is -2.51. The van der Waals surface area contributed by atoms with Gasteiger partial charge in [0.1, 0.15) is 0 Å². The molecule has 0 aliphatic carbocycles. The van der Waals surface area contributed by atoms with Gasteiger partial charge in [-0.25, -0.2) is 5.01 Å². The number of carbonyl (C=O) groups is 2. The molecule has 2 heterocycles. The van der Waals surface area contributed by atoms with E-state index in [1.165, 1.54) is 18.7 Å². The number of nitrogens with one attached hydrogen (secondary N) is 1. The van der Waals surface area contributed by atoms with Crippen molar-refractivity contribution in [2.45, 2.75) is 12.0 Å². The molecule has 1 saturated heterocycles. The van der Waals surface area contributed by atoms with E-state index < -0.39 is 5.12 Å². The summed E-state index contributed by atoms with van der Waals surface area (Å²) in [5, 5.41) is 8.80. The van der Waals surface area contributed by atoms with E-state index in [0.29, 0.717) is 5.02 Å². The SMILES string of the molecule is CC(=O)C1=NN(c2ccc(Cl)cc2)C2(NC(=O)CS2)N1c1ccccc1. The lowest BCUT2D eigenvalue weighted by atomic mass is 10.2. The van der Waals surface area contributed by atoms with Crippen LogP contribution in [0, 0.1) is 0 Å². The van der Waals surface area contributed by atoms with E-state index in [2.05, 4.69) is 10.4 Å². The summed E-state index contributed by atoms with van der Waals surface area (Å²) in [4.78, 5) is 26.3. The maximum atomic E-state index is 12.3. The topological polar surface area (TPSA) is 65.0 Å². The summed E-state index contributed by atoms with van der Waals surface area (Å²) < 4.78 is 0. The zero-order valence-electron chi connectivity index (χ0n) is 13.8. The molecule has 1 spiro atoms. The zero-order chi connectivity index (χ0) is 18.3. The van der Waals surface area contributed by atoms with Crippen LogP contribution in [0.2, 0.25) is 5.02 Å². The highest BCUT2D eigenvalue weighted by atomic mass is 35.5. The second-order valence-electron chi connectivity index (χ2n) is 5.88. The monoisotopic (exact) mass is 386 g/mol. The normalized spacial score (nSPS) is 21.9. The van der Waals surface area contributed by atoms with Gasteiger partial charge in [-0.05, 0) is 36.4 Å². The number of hydrogen-bond acceptors (Lipinski definition) is 6. The Labute approximate surface area is 159 Å². The highest BCUT2D eigenvalue weighted by Crippen LogP contribution is 2.45. The predicted octanol–water partition coefficient (Wildman–Crippen LogP) is 3.04. The van der Waals surface area contributed by atoms with Crippen molar-refractivity contribution in [3.63, 3.8) is 0 Å². The van der Waals surface area contributed by atoms with E-state index in [9.17, 15) is 9.59 Å². The smallest absolute Gasteiger partial charge is 0.268 e. The summed E-state index contributed by atoms with van der Waals surface area (Å²) >= 11 is 7.39.